The first-order valence-electron chi connectivity index (χ1n) is 9.73. The highest BCUT2D eigenvalue weighted by Crippen LogP contribution is 2.28. The van der Waals surface area contributed by atoms with Gasteiger partial charge >= 0.3 is 5.97 Å². The van der Waals surface area contributed by atoms with Gasteiger partial charge in [-0.2, -0.15) is 4.31 Å². The van der Waals surface area contributed by atoms with Gasteiger partial charge in [0.2, 0.25) is 10.0 Å². The van der Waals surface area contributed by atoms with E-state index in [1.165, 1.54) is 40.7 Å². The number of fused-ring (bicyclic) bond motifs is 1. The molecule has 2 aliphatic rings. The number of carbonyl (C=O) groups is 1. The van der Waals surface area contributed by atoms with E-state index in [1.54, 1.807) is 0 Å². The zero-order valence-electron chi connectivity index (χ0n) is 16.6. The summed E-state index contributed by atoms with van der Waals surface area (Å²) in [5.41, 5.74) is 2.65. The van der Waals surface area contributed by atoms with Crippen LogP contribution in [0.1, 0.15) is 21.5 Å². The van der Waals surface area contributed by atoms with Crippen molar-refractivity contribution in [1.29, 1.82) is 0 Å². The third kappa shape index (κ3) is 4.18. The lowest BCUT2D eigenvalue weighted by Crippen LogP contribution is -2.48. The molecule has 2 aromatic carbocycles. The number of piperazine rings is 1. The Hall–Kier alpha value is -2.13. The number of halogens is 1. The molecule has 0 spiro atoms. The molecule has 0 aromatic heterocycles. The molecule has 0 aliphatic carbocycles. The second-order valence-electron chi connectivity index (χ2n) is 7.36. The predicted octanol–water partition coefficient (Wildman–Crippen LogP) is 2.57. The SMILES string of the molecule is COC(=O)c1ccc(S(=O)(=O)N2CCN(Cc3ccc4c(c3)CCO4)CC2)c(Cl)c1. The Kier molecular flexibility index (Phi) is 6.02. The lowest BCUT2D eigenvalue weighted by Gasteiger charge is -2.34. The third-order valence-corrected chi connectivity index (χ3v) is 7.84. The highest BCUT2D eigenvalue weighted by Gasteiger charge is 2.30. The fraction of sp³-hybridized carbons (Fsp3) is 0.381. The Morgan fingerprint density at radius 3 is 2.60 bits per heavy atom. The Labute approximate surface area is 181 Å². The Morgan fingerprint density at radius 2 is 1.90 bits per heavy atom. The number of hydrogen-bond acceptors (Lipinski definition) is 6. The summed E-state index contributed by atoms with van der Waals surface area (Å²) >= 11 is 6.18. The minimum Gasteiger partial charge on any atom is -0.493 e. The summed E-state index contributed by atoms with van der Waals surface area (Å²) in [6.07, 6.45) is 0.935. The summed E-state index contributed by atoms with van der Waals surface area (Å²) in [5, 5.41) is 0.0145. The van der Waals surface area contributed by atoms with Gasteiger partial charge in [-0.25, -0.2) is 13.2 Å². The van der Waals surface area contributed by atoms with Crippen LogP contribution in [-0.2, 0) is 27.7 Å². The highest BCUT2D eigenvalue weighted by molar-refractivity contribution is 7.89. The minimum atomic E-state index is -3.74. The van der Waals surface area contributed by atoms with Crippen molar-refractivity contribution < 1.29 is 22.7 Å². The zero-order chi connectivity index (χ0) is 21.3. The van der Waals surface area contributed by atoms with Crippen molar-refractivity contribution >= 4 is 27.6 Å². The molecule has 7 nitrogen and oxygen atoms in total. The largest absolute Gasteiger partial charge is 0.493 e. The number of ether oxygens (including phenoxy) is 2. The summed E-state index contributed by atoms with van der Waals surface area (Å²) in [6, 6.07) is 10.4. The van der Waals surface area contributed by atoms with E-state index in [9.17, 15) is 13.2 Å². The molecule has 0 N–H and O–H groups in total. The van der Waals surface area contributed by atoms with E-state index in [2.05, 4.69) is 21.8 Å². The number of esters is 1. The van der Waals surface area contributed by atoms with Gasteiger partial charge < -0.3 is 9.47 Å². The van der Waals surface area contributed by atoms with Crippen LogP contribution in [0, 0.1) is 0 Å². The average Bonchev–Trinajstić information content (AvgIpc) is 3.21. The zero-order valence-corrected chi connectivity index (χ0v) is 18.2. The fourth-order valence-corrected chi connectivity index (χ4v) is 5.76. The monoisotopic (exact) mass is 450 g/mol. The van der Waals surface area contributed by atoms with E-state index in [1.807, 2.05) is 6.07 Å². The van der Waals surface area contributed by atoms with Crippen molar-refractivity contribution in [2.24, 2.45) is 0 Å². The molecule has 0 bridgehead atoms. The first-order valence-corrected chi connectivity index (χ1v) is 11.6. The molecule has 0 saturated carbocycles. The first kappa shape index (κ1) is 21.1. The fourth-order valence-electron chi connectivity index (χ4n) is 3.82. The van der Waals surface area contributed by atoms with Gasteiger partial charge in [0.15, 0.2) is 0 Å². The second-order valence-corrected chi connectivity index (χ2v) is 9.67. The van der Waals surface area contributed by atoms with Crippen molar-refractivity contribution in [3.8, 4) is 5.75 Å². The molecule has 0 atom stereocenters. The molecule has 1 fully saturated rings. The molecule has 9 heteroatoms. The van der Waals surface area contributed by atoms with Crippen molar-refractivity contribution in [2.45, 2.75) is 17.9 Å². The van der Waals surface area contributed by atoms with Gasteiger partial charge in [-0.3, -0.25) is 4.90 Å². The number of hydrogen-bond donors (Lipinski definition) is 0. The molecule has 2 aliphatic heterocycles. The van der Waals surface area contributed by atoms with E-state index in [-0.39, 0.29) is 15.5 Å². The molecule has 160 valence electrons. The van der Waals surface area contributed by atoms with Crippen LogP contribution >= 0.6 is 11.6 Å². The molecule has 2 aromatic rings. The first-order chi connectivity index (χ1) is 14.4. The Morgan fingerprint density at radius 1 is 1.13 bits per heavy atom. The molecular weight excluding hydrogens is 428 g/mol. The van der Waals surface area contributed by atoms with Gasteiger partial charge in [0, 0.05) is 39.1 Å². The highest BCUT2D eigenvalue weighted by atomic mass is 35.5. The molecule has 0 amide bonds. The van der Waals surface area contributed by atoms with Gasteiger partial charge in [0.05, 0.1) is 24.3 Å². The summed E-state index contributed by atoms with van der Waals surface area (Å²) in [4.78, 5) is 13.9. The van der Waals surface area contributed by atoms with Crippen LogP contribution in [0.25, 0.3) is 0 Å². The number of sulfonamides is 1. The van der Waals surface area contributed by atoms with Crippen molar-refractivity contribution in [3.05, 3.63) is 58.1 Å². The maximum atomic E-state index is 13.0. The van der Waals surface area contributed by atoms with E-state index in [0.29, 0.717) is 26.2 Å². The van der Waals surface area contributed by atoms with Gasteiger partial charge in [0.25, 0.3) is 0 Å². The van der Waals surface area contributed by atoms with E-state index < -0.39 is 16.0 Å². The maximum Gasteiger partial charge on any atom is 0.337 e. The van der Waals surface area contributed by atoms with Crippen LogP contribution in [0.4, 0.5) is 0 Å². The molecule has 0 unspecified atom stereocenters. The summed E-state index contributed by atoms with van der Waals surface area (Å²) in [7, 11) is -2.48. The third-order valence-electron chi connectivity index (χ3n) is 5.46. The molecule has 1 saturated heterocycles. The standard InChI is InChI=1S/C21H23ClN2O5S/c1-28-21(25)17-3-5-20(18(22)13-17)30(26,27)24-9-7-23(8-10-24)14-15-2-4-19-16(12-15)6-11-29-19/h2-5,12-13H,6-11,14H2,1H3. The quantitative estimate of drug-likeness (QED) is 0.652. The van der Waals surface area contributed by atoms with Crippen LogP contribution in [0.15, 0.2) is 41.3 Å². The maximum absolute atomic E-state index is 13.0. The summed E-state index contributed by atoms with van der Waals surface area (Å²) in [6.45, 7) is 3.53. The van der Waals surface area contributed by atoms with Crippen LogP contribution in [0.5, 0.6) is 5.75 Å². The lowest BCUT2D eigenvalue weighted by molar-refractivity contribution is 0.0600. The van der Waals surface area contributed by atoms with Crippen molar-refractivity contribution in [2.75, 3.05) is 39.9 Å². The van der Waals surface area contributed by atoms with Crippen LogP contribution in [-0.4, -0.2) is 63.5 Å². The van der Waals surface area contributed by atoms with Gasteiger partial charge in [-0.1, -0.05) is 23.7 Å². The predicted molar refractivity (Wildman–Crippen MR) is 112 cm³/mol. The van der Waals surface area contributed by atoms with Gasteiger partial charge in [-0.05, 0) is 35.4 Å². The summed E-state index contributed by atoms with van der Waals surface area (Å²) < 4.78 is 37.7. The molecule has 2 heterocycles. The second kappa shape index (κ2) is 8.55. The normalized spacial score (nSPS) is 17.4. The van der Waals surface area contributed by atoms with Crippen LogP contribution < -0.4 is 4.74 Å². The van der Waals surface area contributed by atoms with Gasteiger partial charge in [-0.15, -0.1) is 0 Å². The van der Waals surface area contributed by atoms with Crippen molar-refractivity contribution in [3.63, 3.8) is 0 Å². The lowest BCUT2D eigenvalue weighted by atomic mass is 10.1. The number of benzene rings is 2. The van der Waals surface area contributed by atoms with E-state index in [4.69, 9.17) is 16.3 Å². The smallest absolute Gasteiger partial charge is 0.337 e. The number of rotatable bonds is 5. The Bertz CT molecular complexity index is 1070. The summed E-state index contributed by atoms with van der Waals surface area (Å²) in [5.74, 6) is 0.400. The topological polar surface area (TPSA) is 76.2 Å². The van der Waals surface area contributed by atoms with Crippen LogP contribution in [0.3, 0.4) is 0 Å². The Balaban J connectivity index is 1.41. The molecule has 0 radical (unpaired) electrons. The minimum absolute atomic E-state index is 0.00360. The molecule has 30 heavy (non-hydrogen) atoms. The number of nitrogens with zero attached hydrogens (tertiary/aromatic N) is 2. The van der Waals surface area contributed by atoms with E-state index >= 15 is 0 Å². The van der Waals surface area contributed by atoms with Crippen molar-refractivity contribution in [1.82, 2.24) is 9.21 Å². The van der Waals surface area contributed by atoms with E-state index in [0.717, 1.165) is 25.3 Å². The molecule has 4 rings (SSSR count). The van der Waals surface area contributed by atoms with Gasteiger partial charge in [0.1, 0.15) is 10.6 Å². The van der Waals surface area contributed by atoms with Crippen LogP contribution in [0.2, 0.25) is 5.02 Å². The number of carbonyl (C=O) groups excluding carboxylic acids is 1. The average molecular weight is 451 g/mol. The number of methoxy groups -OCH3 is 1. The molecular formula is C21H23ClN2O5S.